The number of piperazine rings is 1. The van der Waals surface area contributed by atoms with Crippen LogP contribution in [0.2, 0.25) is 5.02 Å². The van der Waals surface area contributed by atoms with E-state index in [4.69, 9.17) is 11.6 Å². The fraction of sp³-hybridized carbons (Fsp3) is 0.682. The fourth-order valence-electron chi connectivity index (χ4n) is 4.28. The summed E-state index contributed by atoms with van der Waals surface area (Å²) in [5.74, 6) is 0.0506. The molecule has 31 heavy (non-hydrogen) atoms. The summed E-state index contributed by atoms with van der Waals surface area (Å²) in [6.45, 7) is 12.1. The highest BCUT2D eigenvalue weighted by atomic mass is 35.5. The minimum atomic E-state index is -3.72. The molecule has 9 heteroatoms. The second kappa shape index (κ2) is 11.1. The Bertz CT molecular complexity index is 856. The molecule has 2 heterocycles. The molecular formula is C22H35ClN4O3S. The van der Waals surface area contributed by atoms with Crippen LogP contribution in [0, 0.1) is 5.92 Å². The molecule has 0 saturated carbocycles. The number of sulfonamides is 1. The summed E-state index contributed by atoms with van der Waals surface area (Å²) in [4.78, 5) is 17.5. The van der Waals surface area contributed by atoms with Crippen molar-refractivity contribution < 1.29 is 13.2 Å². The van der Waals surface area contributed by atoms with Gasteiger partial charge in [-0.3, -0.25) is 4.79 Å². The monoisotopic (exact) mass is 470 g/mol. The van der Waals surface area contributed by atoms with E-state index < -0.39 is 10.0 Å². The molecule has 2 fully saturated rings. The van der Waals surface area contributed by atoms with Crippen molar-refractivity contribution in [3.63, 3.8) is 0 Å². The third-order valence-corrected chi connectivity index (χ3v) is 8.63. The van der Waals surface area contributed by atoms with Crippen LogP contribution in [0.15, 0.2) is 23.1 Å². The maximum Gasteiger partial charge on any atom is 0.251 e. The lowest BCUT2D eigenvalue weighted by atomic mass is 10.0. The highest BCUT2D eigenvalue weighted by molar-refractivity contribution is 7.89. The van der Waals surface area contributed by atoms with E-state index in [0.29, 0.717) is 31.1 Å². The highest BCUT2D eigenvalue weighted by Gasteiger charge is 2.31. The Morgan fingerprint density at radius 3 is 2.55 bits per heavy atom. The van der Waals surface area contributed by atoms with Crippen LogP contribution in [-0.4, -0.2) is 87.3 Å². The molecule has 0 aliphatic carbocycles. The molecule has 0 radical (unpaired) electrons. The number of piperidine rings is 1. The van der Waals surface area contributed by atoms with Gasteiger partial charge in [0.15, 0.2) is 0 Å². The van der Waals surface area contributed by atoms with Crippen molar-refractivity contribution >= 4 is 27.5 Å². The number of nitrogens with one attached hydrogen (secondary N) is 1. The number of nitrogens with zero attached hydrogens (tertiary/aromatic N) is 3. The predicted octanol–water partition coefficient (Wildman–Crippen LogP) is 2.52. The van der Waals surface area contributed by atoms with Gasteiger partial charge in [0, 0.05) is 51.4 Å². The summed E-state index contributed by atoms with van der Waals surface area (Å²) < 4.78 is 27.7. The summed E-state index contributed by atoms with van der Waals surface area (Å²) in [7, 11) is -3.72. The molecule has 1 aromatic carbocycles. The standard InChI is InChI=1S/C22H35ClN4O3S/c1-3-25-12-14-26(15-13-25)10-5-9-24-22(28)19-7-8-20(23)21(16-19)31(29,30)27-11-4-6-18(2)17-27/h7-8,16,18H,3-6,9-15,17H2,1-2H3,(H,24,28). The SMILES string of the molecule is CCN1CCN(CCCNC(=O)c2ccc(Cl)c(S(=O)(=O)N3CCCC(C)C3)c2)CC1. The Balaban J connectivity index is 1.55. The van der Waals surface area contributed by atoms with E-state index in [2.05, 4.69) is 29.0 Å². The number of likely N-dealkylation sites (N-methyl/N-ethyl adjacent to an activating group) is 1. The number of benzene rings is 1. The number of amides is 1. The van der Waals surface area contributed by atoms with Crippen LogP contribution in [0.1, 0.15) is 43.5 Å². The van der Waals surface area contributed by atoms with E-state index in [1.807, 2.05) is 0 Å². The Kier molecular flexibility index (Phi) is 8.75. The first-order valence-electron chi connectivity index (χ1n) is 11.3. The maximum atomic E-state index is 13.1. The predicted molar refractivity (Wildman–Crippen MR) is 124 cm³/mol. The summed E-state index contributed by atoms with van der Waals surface area (Å²) in [5.41, 5.74) is 0.324. The molecule has 1 unspecified atom stereocenters. The topological polar surface area (TPSA) is 73.0 Å². The number of halogens is 1. The number of rotatable bonds is 8. The molecule has 2 aliphatic heterocycles. The number of hydrogen-bond donors (Lipinski definition) is 1. The average molecular weight is 471 g/mol. The van der Waals surface area contributed by atoms with E-state index in [-0.39, 0.29) is 15.8 Å². The van der Waals surface area contributed by atoms with Gasteiger partial charge in [-0.2, -0.15) is 4.31 Å². The minimum absolute atomic E-state index is 0.0183. The van der Waals surface area contributed by atoms with Gasteiger partial charge in [-0.05, 0) is 56.5 Å². The number of carbonyl (C=O) groups is 1. The second-order valence-corrected chi connectivity index (χ2v) is 11.0. The Labute approximate surface area is 191 Å². The van der Waals surface area contributed by atoms with Gasteiger partial charge in [0.2, 0.25) is 10.0 Å². The fourth-order valence-corrected chi connectivity index (χ4v) is 6.38. The molecule has 0 aromatic heterocycles. The third-order valence-electron chi connectivity index (χ3n) is 6.28. The molecule has 2 saturated heterocycles. The van der Waals surface area contributed by atoms with Gasteiger partial charge < -0.3 is 15.1 Å². The molecular weight excluding hydrogens is 436 g/mol. The van der Waals surface area contributed by atoms with Crippen LogP contribution in [0.4, 0.5) is 0 Å². The van der Waals surface area contributed by atoms with Gasteiger partial charge >= 0.3 is 0 Å². The summed E-state index contributed by atoms with van der Waals surface area (Å²) in [6.07, 6.45) is 2.73. The molecule has 2 aliphatic rings. The van der Waals surface area contributed by atoms with Gasteiger partial charge in [-0.1, -0.05) is 25.4 Å². The van der Waals surface area contributed by atoms with Crippen molar-refractivity contribution in [1.82, 2.24) is 19.4 Å². The minimum Gasteiger partial charge on any atom is -0.352 e. The van der Waals surface area contributed by atoms with Gasteiger partial charge in [-0.25, -0.2) is 8.42 Å². The van der Waals surface area contributed by atoms with Crippen LogP contribution >= 0.6 is 11.6 Å². The van der Waals surface area contributed by atoms with Crippen molar-refractivity contribution in [2.24, 2.45) is 5.92 Å². The first-order valence-corrected chi connectivity index (χ1v) is 13.2. The van der Waals surface area contributed by atoms with E-state index in [0.717, 1.165) is 58.5 Å². The number of carbonyl (C=O) groups excluding carboxylic acids is 1. The van der Waals surface area contributed by atoms with E-state index in [1.165, 1.54) is 16.4 Å². The largest absolute Gasteiger partial charge is 0.352 e. The van der Waals surface area contributed by atoms with Crippen molar-refractivity contribution in [1.29, 1.82) is 0 Å². The Hall–Kier alpha value is -1.19. The second-order valence-electron chi connectivity index (χ2n) is 8.64. The Morgan fingerprint density at radius 2 is 1.87 bits per heavy atom. The zero-order valence-corrected chi connectivity index (χ0v) is 20.2. The maximum absolute atomic E-state index is 13.1. The zero-order chi connectivity index (χ0) is 22.4. The average Bonchev–Trinajstić information content (AvgIpc) is 2.77. The van der Waals surface area contributed by atoms with Gasteiger partial charge in [-0.15, -0.1) is 0 Å². The molecule has 7 nitrogen and oxygen atoms in total. The third kappa shape index (κ3) is 6.42. The Morgan fingerprint density at radius 1 is 1.16 bits per heavy atom. The molecule has 0 bridgehead atoms. The van der Waals surface area contributed by atoms with E-state index in [9.17, 15) is 13.2 Å². The highest BCUT2D eigenvalue weighted by Crippen LogP contribution is 2.29. The van der Waals surface area contributed by atoms with Crippen molar-refractivity contribution in [3.05, 3.63) is 28.8 Å². The first kappa shape index (κ1) is 24.5. The van der Waals surface area contributed by atoms with Crippen LogP contribution in [0.5, 0.6) is 0 Å². The van der Waals surface area contributed by atoms with Crippen LogP contribution in [0.3, 0.4) is 0 Å². The van der Waals surface area contributed by atoms with Crippen LogP contribution < -0.4 is 5.32 Å². The van der Waals surface area contributed by atoms with E-state index >= 15 is 0 Å². The lowest BCUT2D eigenvalue weighted by Gasteiger charge is -2.33. The van der Waals surface area contributed by atoms with Crippen LogP contribution in [-0.2, 0) is 10.0 Å². The van der Waals surface area contributed by atoms with Crippen molar-refractivity contribution in [3.8, 4) is 0 Å². The molecule has 1 aromatic rings. The van der Waals surface area contributed by atoms with Crippen LogP contribution in [0.25, 0.3) is 0 Å². The van der Waals surface area contributed by atoms with Gasteiger partial charge in [0.25, 0.3) is 5.91 Å². The molecule has 1 atom stereocenters. The molecule has 1 N–H and O–H groups in total. The lowest BCUT2D eigenvalue weighted by Crippen LogP contribution is -2.46. The lowest BCUT2D eigenvalue weighted by molar-refractivity contribution is 0.0948. The van der Waals surface area contributed by atoms with Gasteiger partial charge in [0.05, 0.1) is 5.02 Å². The number of hydrogen-bond acceptors (Lipinski definition) is 5. The smallest absolute Gasteiger partial charge is 0.251 e. The summed E-state index contributed by atoms with van der Waals surface area (Å²) in [5, 5.41) is 3.07. The quantitative estimate of drug-likeness (QED) is 0.591. The molecule has 174 valence electrons. The summed E-state index contributed by atoms with van der Waals surface area (Å²) >= 11 is 6.23. The first-order chi connectivity index (χ1) is 14.8. The molecule has 1 amide bonds. The van der Waals surface area contributed by atoms with Crippen molar-refractivity contribution in [2.45, 2.75) is 38.0 Å². The summed E-state index contributed by atoms with van der Waals surface area (Å²) in [6, 6.07) is 4.50. The van der Waals surface area contributed by atoms with Gasteiger partial charge in [0.1, 0.15) is 4.90 Å². The molecule has 3 rings (SSSR count). The zero-order valence-electron chi connectivity index (χ0n) is 18.6. The van der Waals surface area contributed by atoms with Crippen molar-refractivity contribution in [2.75, 3.05) is 58.9 Å². The normalized spacial score (nSPS) is 21.8. The van der Waals surface area contributed by atoms with E-state index in [1.54, 1.807) is 6.07 Å². The molecule has 0 spiro atoms.